The molecule has 3 heterocycles. The molecule has 2 N–H and O–H groups in total. The Morgan fingerprint density at radius 1 is 1.36 bits per heavy atom. The summed E-state index contributed by atoms with van der Waals surface area (Å²) in [6, 6.07) is 4.82. The van der Waals surface area contributed by atoms with Gasteiger partial charge in [0.05, 0.1) is 12.2 Å². The summed E-state index contributed by atoms with van der Waals surface area (Å²) in [4.78, 5) is 8.45. The third-order valence-electron chi connectivity index (χ3n) is 5.28. The van der Waals surface area contributed by atoms with Crippen LogP contribution in [0.1, 0.15) is 36.2 Å². The van der Waals surface area contributed by atoms with E-state index in [1.165, 1.54) is 36.4 Å². The number of nitrogens with one attached hydrogen (secondary N) is 2. The van der Waals surface area contributed by atoms with Gasteiger partial charge in [0.25, 0.3) is 0 Å². The maximum atomic E-state index is 4.39. The van der Waals surface area contributed by atoms with Gasteiger partial charge in [0.15, 0.2) is 5.96 Å². The highest BCUT2D eigenvalue weighted by Crippen LogP contribution is 2.28. The van der Waals surface area contributed by atoms with Crippen molar-refractivity contribution in [1.29, 1.82) is 0 Å². The molecular weight excluding hydrogens is 483 g/mol. The molecule has 6 nitrogen and oxygen atoms in total. The zero-order valence-corrected chi connectivity index (χ0v) is 20.2. The topological polar surface area (TPSA) is 57.5 Å². The molecule has 2 aromatic heterocycles. The van der Waals surface area contributed by atoms with Crippen LogP contribution >= 0.6 is 35.3 Å². The molecular formula is C20H33IN6S. The van der Waals surface area contributed by atoms with Gasteiger partial charge in [-0.3, -0.25) is 14.6 Å². The van der Waals surface area contributed by atoms with Crippen LogP contribution < -0.4 is 10.6 Å². The van der Waals surface area contributed by atoms with E-state index in [1.54, 1.807) is 0 Å². The molecule has 1 unspecified atom stereocenters. The summed E-state index contributed by atoms with van der Waals surface area (Å²) in [6.45, 7) is 6.44. The number of aryl methyl sites for hydroxylation is 1. The molecule has 0 radical (unpaired) electrons. The number of guanidine groups is 1. The molecule has 28 heavy (non-hydrogen) atoms. The lowest BCUT2D eigenvalue weighted by atomic mass is 9.97. The number of aromatic nitrogens is 2. The van der Waals surface area contributed by atoms with Gasteiger partial charge in [-0.25, -0.2) is 0 Å². The molecule has 0 spiro atoms. The van der Waals surface area contributed by atoms with Crippen molar-refractivity contribution in [3.05, 3.63) is 40.3 Å². The first-order chi connectivity index (χ1) is 13.2. The van der Waals surface area contributed by atoms with Crippen molar-refractivity contribution >= 4 is 41.3 Å². The number of hydrogen-bond donors (Lipinski definition) is 2. The normalized spacial score (nSPS) is 17.2. The van der Waals surface area contributed by atoms with Crippen molar-refractivity contribution in [2.24, 2.45) is 18.0 Å². The van der Waals surface area contributed by atoms with Crippen LogP contribution in [-0.4, -0.2) is 53.9 Å². The fourth-order valence-electron chi connectivity index (χ4n) is 3.57. The molecule has 1 aliphatic heterocycles. The van der Waals surface area contributed by atoms with Crippen LogP contribution in [0.15, 0.2) is 34.9 Å². The third-order valence-corrected chi connectivity index (χ3v) is 6.26. The van der Waals surface area contributed by atoms with Crippen LogP contribution in [0.25, 0.3) is 0 Å². The minimum absolute atomic E-state index is 0. The Labute approximate surface area is 189 Å². The van der Waals surface area contributed by atoms with Crippen LogP contribution in [0.4, 0.5) is 0 Å². The summed E-state index contributed by atoms with van der Waals surface area (Å²) in [5.74, 6) is 1.71. The van der Waals surface area contributed by atoms with Gasteiger partial charge in [0.2, 0.25) is 0 Å². The zero-order valence-electron chi connectivity index (χ0n) is 17.1. The highest BCUT2D eigenvalue weighted by Gasteiger charge is 2.25. The van der Waals surface area contributed by atoms with Crippen LogP contribution in [0.3, 0.4) is 0 Å². The van der Waals surface area contributed by atoms with Gasteiger partial charge in [-0.1, -0.05) is 13.0 Å². The van der Waals surface area contributed by atoms with Crippen molar-refractivity contribution in [2.45, 2.75) is 32.2 Å². The standard InChI is InChI=1S/C20H32N6S.HI/c1-16-7-10-26(11-8-16)18(19-5-4-12-27-19)14-23-20(21-2)22-9-6-17-13-24-25(3)15-17;/h4-5,12-13,15-16,18H,6-11,14H2,1-3H3,(H2,21,22,23);1H. The predicted octanol–water partition coefficient (Wildman–Crippen LogP) is 3.28. The highest BCUT2D eigenvalue weighted by atomic mass is 127. The second-order valence-corrected chi connectivity index (χ2v) is 8.38. The molecule has 156 valence electrons. The number of hydrogen-bond acceptors (Lipinski definition) is 4. The van der Waals surface area contributed by atoms with E-state index < -0.39 is 0 Å². The number of rotatable bonds is 7. The Kier molecular flexibility index (Phi) is 9.73. The average molecular weight is 516 g/mol. The van der Waals surface area contributed by atoms with Crippen molar-refractivity contribution in [3.8, 4) is 0 Å². The lowest BCUT2D eigenvalue weighted by molar-refractivity contribution is 0.140. The van der Waals surface area contributed by atoms with Crippen molar-refractivity contribution < 1.29 is 0 Å². The predicted molar refractivity (Wildman–Crippen MR) is 129 cm³/mol. The molecule has 1 saturated heterocycles. The van der Waals surface area contributed by atoms with Gasteiger partial charge >= 0.3 is 0 Å². The van der Waals surface area contributed by atoms with Crippen molar-refractivity contribution in [1.82, 2.24) is 25.3 Å². The summed E-state index contributed by atoms with van der Waals surface area (Å²) >= 11 is 1.85. The number of nitrogens with zero attached hydrogens (tertiary/aromatic N) is 4. The largest absolute Gasteiger partial charge is 0.356 e. The maximum Gasteiger partial charge on any atom is 0.191 e. The Morgan fingerprint density at radius 2 is 2.14 bits per heavy atom. The summed E-state index contributed by atoms with van der Waals surface area (Å²) in [5.41, 5.74) is 1.24. The summed E-state index contributed by atoms with van der Waals surface area (Å²) < 4.78 is 1.84. The second kappa shape index (κ2) is 11.8. The fourth-order valence-corrected chi connectivity index (χ4v) is 4.43. The molecule has 8 heteroatoms. The molecule has 1 fully saturated rings. The molecule has 0 aliphatic carbocycles. The van der Waals surface area contributed by atoms with Gasteiger partial charge < -0.3 is 10.6 Å². The Morgan fingerprint density at radius 3 is 2.75 bits per heavy atom. The lowest BCUT2D eigenvalue weighted by Crippen LogP contribution is -2.45. The minimum Gasteiger partial charge on any atom is -0.356 e. The van der Waals surface area contributed by atoms with E-state index in [-0.39, 0.29) is 24.0 Å². The summed E-state index contributed by atoms with van der Waals surface area (Å²) in [5, 5.41) is 13.4. The Balaban J connectivity index is 0.00000280. The fraction of sp³-hybridized carbons (Fsp3) is 0.600. The SMILES string of the molecule is CN=C(NCCc1cnn(C)c1)NCC(c1cccs1)N1CCC(C)CC1.I. The van der Waals surface area contributed by atoms with Gasteiger partial charge in [-0.15, -0.1) is 35.3 Å². The molecule has 1 atom stereocenters. The zero-order chi connectivity index (χ0) is 19.1. The second-order valence-electron chi connectivity index (χ2n) is 7.40. The van der Waals surface area contributed by atoms with E-state index in [0.717, 1.165) is 31.4 Å². The molecule has 3 rings (SSSR count). The first-order valence-electron chi connectivity index (χ1n) is 9.85. The maximum absolute atomic E-state index is 4.39. The highest BCUT2D eigenvalue weighted by molar-refractivity contribution is 14.0. The first kappa shape index (κ1) is 23.2. The molecule has 0 aromatic carbocycles. The summed E-state index contributed by atoms with van der Waals surface area (Å²) in [7, 11) is 3.78. The Bertz CT molecular complexity index is 706. The number of piperidine rings is 1. The number of aliphatic imine (C=N–C) groups is 1. The first-order valence-corrected chi connectivity index (χ1v) is 10.7. The number of likely N-dealkylation sites (tertiary alicyclic amines) is 1. The van der Waals surface area contributed by atoms with Crippen molar-refractivity contribution in [3.63, 3.8) is 0 Å². The lowest BCUT2D eigenvalue weighted by Gasteiger charge is -2.36. The minimum atomic E-state index is 0. The average Bonchev–Trinajstić information content (AvgIpc) is 3.34. The van der Waals surface area contributed by atoms with E-state index in [1.807, 2.05) is 36.3 Å². The molecule has 1 aliphatic rings. The van der Waals surface area contributed by atoms with E-state index in [4.69, 9.17) is 0 Å². The smallest absolute Gasteiger partial charge is 0.191 e. The van der Waals surface area contributed by atoms with Gasteiger partial charge in [-0.2, -0.15) is 5.10 Å². The summed E-state index contributed by atoms with van der Waals surface area (Å²) in [6.07, 6.45) is 7.50. The van der Waals surface area contributed by atoms with Gasteiger partial charge in [0, 0.05) is 38.3 Å². The van der Waals surface area contributed by atoms with Gasteiger partial charge in [-0.05, 0) is 55.3 Å². The Hall–Kier alpha value is -1.13. The van der Waals surface area contributed by atoms with Gasteiger partial charge in [0.1, 0.15) is 0 Å². The van der Waals surface area contributed by atoms with E-state index in [0.29, 0.717) is 6.04 Å². The van der Waals surface area contributed by atoms with E-state index in [9.17, 15) is 0 Å². The third kappa shape index (κ3) is 6.73. The molecule has 0 amide bonds. The molecule has 2 aromatic rings. The molecule has 0 saturated carbocycles. The number of thiophene rings is 1. The number of halogens is 1. The van der Waals surface area contributed by atoms with E-state index in [2.05, 4.69) is 56.3 Å². The van der Waals surface area contributed by atoms with Crippen molar-refractivity contribution in [2.75, 3.05) is 33.2 Å². The molecule has 0 bridgehead atoms. The van der Waals surface area contributed by atoms with Crippen LogP contribution in [0.5, 0.6) is 0 Å². The van der Waals surface area contributed by atoms with Crippen LogP contribution in [0, 0.1) is 5.92 Å². The quantitative estimate of drug-likeness (QED) is 0.337. The van der Waals surface area contributed by atoms with Crippen LogP contribution in [0.2, 0.25) is 0 Å². The van der Waals surface area contributed by atoms with E-state index >= 15 is 0 Å². The monoisotopic (exact) mass is 516 g/mol. The van der Waals surface area contributed by atoms with Crippen LogP contribution in [-0.2, 0) is 13.5 Å².